The maximum atomic E-state index is 11.0. The molecule has 0 aromatic heterocycles. The van der Waals surface area contributed by atoms with E-state index in [9.17, 15) is 15.2 Å². The van der Waals surface area contributed by atoms with Gasteiger partial charge >= 0.3 is 0 Å². The molecule has 0 spiro atoms. The standard InChI is InChI=1S/C12H18N2O4/c1-4-12(2,8-15)13-10-6-5-9(18-3)7-11(10)14(16)17/h5-7,13,15H,4,8H2,1-3H3. The first-order valence-corrected chi connectivity index (χ1v) is 5.67. The van der Waals surface area contributed by atoms with Crippen molar-refractivity contribution in [1.82, 2.24) is 0 Å². The quantitative estimate of drug-likeness (QED) is 0.600. The van der Waals surface area contributed by atoms with Crippen molar-refractivity contribution in [2.24, 2.45) is 0 Å². The molecular formula is C12H18N2O4. The van der Waals surface area contributed by atoms with E-state index in [2.05, 4.69) is 5.32 Å². The molecule has 0 aliphatic rings. The Kier molecular flexibility index (Phi) is 4.49. The summed E-state index contributed by atoms with van der Waals surface area (Å²) in [6.07, 6.45) is 0.646. The molecule has 0 heterocycles. The summed E-state index contributed by atoms with van der Waals surface area (Å²) in [6, 6.07) is 4.58. The van der Waals surface area contributed by atoms with Crippen molar-refractivity contribution in [3.05, 3.63) is 28.3 Å². The number of nitro groups is 1. The highest BCUT2D eigenvalue weighted by atomic mass is 16.6. The van der Waals surface area contributed by atoms with Crippen molar-refractivity contribution in [2.75, 3.05) is 19.0 Å². The fraction of sp³-hybridized carbons (Fsp3) is 0.500. The van der Waals surface area contributed by atoms with Crippen molar-refractivity contribution < 1.29 is 14.8 Å². The largest absolute Gasteiger partial charge is 0.496 e. The van der Waals surface area contributed by atoms with Crippen LogP contribution in [0.5, 0.6) is 5.75 Å². The van der Waals surface area contributed by atoms with Crippen molar-refractivity contribution in [3.8, 4) is 5.75 Å². The molecule has 1 aromatic carbocycles. The van der Waals surface area contributed by atoms with Gasteiger partial charge in [-0.15, -0.1) is 0 Å². The average molecular weight is 254 g/mol. The molecule has 1 unspecified atom stereocenters. The Bertz CT molecular complexity index is 430. The van der Waals surface area contributed by atoms with E-state index in [4.69, 9.17) is 4.74 Å². The lowest BCUT2D eigenvalue weighted by atomic mass is 9.99. The molecule has 0 saturated heterocycles. The molecule has 1 rings (SSSR count). The molecule has 100 valence electrons. The molecule has 1 atom stereocenters. The molecule has 18 heavy (non-hydrogen) atoms. The molecule has 2 N–H and O–H groups in total. The third kappa shape index (κ3) is 3.10. The molecule has 0 bridgehead atoms. The Morgan fingerprint density at radius 1 is 1.56 bits per heavy atom. The Morgan fingerprint density at radius 3 is 2.67 bits per heavy atom. The highest BCUT2D eigenvalue weighted by molar-refractivity contribution is 5.64. The summed E-state index contributed by atoms with van der Waals surface area (Å²) >= 11 is 0. The molecule has 0 saturated carbocycles. The zero-order valence-corrected chi connectivity index (χ0v) is 10.8. The van der Waals surface area contributed by atoms with E-state index in [1.807, 2.05) is 6.92 Å². The summed E-state index contributed by atoms with van der Waals surface area (Å²) < 4.78 is 4.96. The molecule has 0 aliphatic heterocycles. The normalized spacial score (nSPS) is 13.8. The molecule has 0 radical (unpaired) electrons. The van der Waals surface area contributed by atoms with Crippen LogP contribution < -0.4 is 10.1 Å². The third-order valence-electron chi connectivity index (χ3n) is 2.97. The second kappa shape index (κ2) is 5.68. The molecular weight excluding hydrogens is 236 g/mol. The average Bonchev–Trinajstić information content (AvgIpc) is 2.38. The monoisotopic (exact) mass is 254 g/mol. The predicted molar refractivity (Wildman–Crippen MR) is 69.1 cm³/mol. The number of aliphatic hydroxyl groups excluding tert-OH is 1. The maximum Gasteiger partial charge on any atom is 0.296 e. The number of methoxy groups -OCH3 is 1. The van der Waals surface area contributed by atoms with Crippen molar-refractivity contribution in [3.63, 3.8) is 0 Å². The molecule has 6 nitrogen and oxygen atoms in total. The van der Waals surface area contributed by atoms with Gasteiger partial charge < -0.3 is 15.2 Å². The van der Waals surface area contributed by atoms with Crippen LogP contribution in [0, 0.1) is 10.1 Å². The van der Waals surface area contributed by atoms with Gasteiger partial charge in [-0.25, -0.2) is 0 Å². The van der Waals surface area contributed by atoms with Gasteiger partial charge in [-0.1, -0.05) is 6.92 Å². The number of nitro benzene ring substituents is 1. The van der Waals surface area contributed by atoms with Crippen LogP contribution in [0.3, 0.4) is 0 Å². The van der Waals surface area contributed by atoms with Crippen LogP contribution in [0.4, 0.5) is 11.4 Å². The lowest BCUT2D eigenvalue weighted by Crippen LogP contribution is -2.38. The number of nitrogens with one attached hydrogen (secondary N) is 1. The fourth-order valence-electron chi connectivity index (χ4n) is 1.46. The van der Waals surface area contributed by atoms with E-state index in [-0.39, 0.29) is 12.3 Å². The second-order valence-electron chi connectivity index (χ2n) is 4.34. The van der Waals surface area contributed by atoms with Gasteiger partial charge in [-0.05, 0) is 25.5 Å². The highest BCUT2D eigenvalue weighted by Crippen LogP contribution is 2.31. The summed E-state index contributed by atoms with van der Waals surface area (Å²) in [5.74, 6) is 0.425. The minimum absolute atomic E-state index is 0.0672. The summed E-state index contributed by atoms with van der Waals surface area (Å²) in [7, 11) is 1.45. The highest BCUT2D eigenvalue weighted by Gasteiger charge is 2.25. The van der Waals surface area contributed by atoms with Gasteiger partial charge in [0.25, 0.3) is 5.69 Å². The van der Waals surface area contributed by atoms with Crippen LogP contribution in [0.2, 0.25) is 0 Å². The van der Waals surface area contributed by atoms with Gasteiger partial charge in [0.1, 0.15) is 11.4 Å². The first-order valence-electron chi connectivity index (χ1n) is 5.67. The number of hydrogen-bond acceptors (Lipinski definition) is 5. The number of hydrogen-bond donors (Lipinski definition) is 2. The van der Waals surface area contributed by atoms with E-state index in [0.29, 0.717) is 17.9 Å². The first-order chi connectivity index (χ1) is 8.45. The molecule has 0 amide bonds. The van der Waals surface area contributed by atoms with Crippen molar-refractivity contribution in [1.29, 1.82) is 0 Å². The van der Waals surface area contributed by atoms with Gasteiger partial charge in [-0.3, -0.25) is 10.1 Å². The van der Waals surface area contributed by atoms with Crippen LogP contribution in [0.15, 0.2) is 18.2 Å². The van der Waals surface area contributed by atoms with E-state index in [1.54, 1.807) is 19.1 Å². The summed E-state index contributed by atoms with van der Waals surface area (Å²) in [5, 5.41) is 23.3. The van der Waals surface area contributed by atoms with E-state index < -0.39 is 10.5 Å². The number of rotatable bonds is 6. The Hall–Kier alpha value is -1.82. The number of nitrogens with zero attached hydrogens (tertiary/aromatic N) is 1. The van der Waals surface area contributed by atoms with Crippen LogP contribution in [0.25, 0.3) is 0 Å². The lowest BCUT2D eigenvalue weighted by Gasteiger charge is -2.28. The number of ether oxygens (including phenoxy) is 1. The molecule has 0 fully saturated rings. The first kappa shape index (κ1) is 14.2. The van der Waals surface area contributed by atoms with Crippen LogP contribution >= 0.6 is 0 Å². The molecule has 6 heteroatoms. The summed E-state index contributed by atoms with van der Waals surface area (Å²) in [6.45, 7) is 3.60. The van der Waals surface area contributed by atoms with Gasteiger partial charge in [-0.2, -0.15) is 0 Å². The minimum atomic E-state index is -0.584. The van der Waals surface area contributed by atoms with Gasteiger partial charge in [0.15, 0.2) is 0 Å². The SMILES string of the molecule is CCC(C)(CO)Nc1ccc(OC)cc1[N+](=O)[O-]. The Labute approximate surface area is 106 Å². The zero-order valence-electron chi connectivity index (χ0n) is 10.8. The van der Waals surface area contributed by atoms with Crippen LogP contribution in [0.1, 0.15) is 20.3 Å². The van der Waals surface area contributed by atoms with Crippen molar-refractivity contribution >= 4 is 11.4 Å². The van der Waals surface area contributed by atoms with Crippen LogP contribution in [-0.4, -0.2) is 29.3 Å². The Balaban J connectivity index is 3.12. The molecule has 0 aliphatic carbocycles. The number of benzene rings is 1. The summed E-state index contributed by atoms with van der Waals surface area (Å²) in [4.78, 5) is 10.5. The van der Waals surface area contributed by atoms with Gasteiger partial charge in [0.2, 0.25) is 0 Å². The number of aliphatic hydroxyl groups is 1. The lowest BCUT2D eigenvalue weighted by molar-refractivity contribution is -0.384. The second-order valence-corrected chi connectivity index (χ2v) is 4.34. The van der Waals surface area contributed by atoms with Crippen molar-refractivity contribution in [2.45, 2.75) is 25.8 Å². The summed E-state index contributed by atoms with van der Waals surface area (Å²) in [5.41, 5.74) is -0.277. The maximum absolute atomic E-state index is 11.0. The number of anilines is 1. The van der Waals surface area contributed by atoms with Gasteiger partial charge in [0.05, 0.1) is 30.2 Å². The third-order valence-corrected chi connectivity index (χ3v) is 2.97. The zero-order chi connectivity index (χ0) is 13.8. The fourth-order valence-corrected chi connectivity index (χ4v) is 1.46. The smallest absolute Gasteiger partial charge is 0.296 e. The van der Waals surface area contributed by atoms with E-state index >= 15 is 0 Å². The minimum Gasteiger partial charge on any atom is -0.496 e. The topological polar surface area (TPSA) is 84.6 Å². The van der Waals surface area contributed by atoms with E-state index in [0.717, 1.165) is 0 Å². The predicted octanol–water partition coefficient (Wildman–Crippen LogP) is 2.18. The van der Waals surface area contributed by atoms with Crippen LogP contribution in [-0.2, 0) is 0 Å². The Morgan fingerprint density at radius 2 is 2.22 bits per heavy atom. The molecule has 1 aromatic rings. The van der Waals surface area contributed by atoms with Gasteiger partial charge in [0, 0.05) is 0 Å². The van der Waals surface area contributed by atoms with E-state index in [1.165, 1.54) is 13.2 Å².